The van der Waals surface area contributed by atoms with E-state index in [0.29, 0.717) is 17.1 Å². The molecule has 0 unspecified atom stereocenters. The zero-order valence-corrected chi connectivity index (χ0v) is 12.4. The first-order valence-corrected chi connectivity index (χ1v) is 6.48. The second kappa shape index (κ2) is 6.99. The van der Waals surface area contributed by atoms with Gasteiger partial charge in [-0.15, -0.1) is 0 Å². The first-order valence-electron chi connectivity index (χ1n) is 6.48. The Morgan fingerprint density at radius 3 is 2.22 bits per heavy atom. The molecule has 0 aliphatic carbocycles. The van der Waals surface area contributed by atoms with Crippen molar-refractivity contribution in [1.29, 1.82) is 0 Å². The number of rotatable bonds is 5. The summed E-state index contributed by atoms with van der Waals surface area (Å²) in [6.07, 6.45) is -2.19. The molecule has 0 saturated carbocycles. The van der Waals surface area contributed by atoms with E-state index in [9.17, 15) is 13.2 Å². The van der Waals surface area contributed by atoms with E-state index in [1.165, 1.54) is 26.5 Å². The lowest BCUT2D eigenvalue weighted by Crippen LogP contribution is -2.05. The Hall–Kier alpha value is -2.77. The van der Waals surface area contributed by atoms with Gasteiger partial charge >= 0.3 is 6.18 Å². The molecule has 0 saturated heterocycles. The highest BCUT2D eigenvalue weighted by Crippen LogP contribution is 2.28. The third-order valence-corrected chi connectivity index (χ3v) is 2.86. The molecular formula is C15H14F3N3O2. The molecule has 23 heavy (non-hydrogen) atoms. The maximum Gasteiger partial charge on any atom is 0.417 e. The van der Waals surface area contributed by atoms with E-state index in [1.54, 1.807) is 18.2 Å². The van der Waals surface area contributed by atoms with Crippen LogP contribution >= 0.6 is 0 Å². The van der Waals surface area contributed by atoms with Crippen LogP contribution in [0.2, 0.25) is 0 Å². The highest BCUT2D eigenvalue weighted by Gasteiger charge is 2.30. The number of hydrogen-bond donors (Lipinski definition) is 1. The zero-order valence-electron chi connectivity index (χ0n) is 12.4. The summed E-state index contributed by atoms with van der Waals surface area (Å²) in [6.45, 7) is 0. The molecule has 2 aromatic rings. The number of anilines is 1. The topological polar surface area (TPSA) is 55.7 Å². The first-order chi connectivity index (χ1) is 10.9. The van der Waals surface area contributed by atoms with Crippen LogP contribution in [0.15, 0.2) is 41.6 Å². The Morgan fingerprint density at radius 1 is 1.09 bits per heavy atom. The summed E-state index contributed by atoms with van der Waals surface area (Å²) in [5.41, 5.74) is 2.44. The standard InChI is InChI=1S/C15H14F3N3O2/c1-22-12-5-10(6-13(7-12)23-2)8-20-21-14-4-3-11(9-19-14)15(16,17)18/h3-9H,1-2H3,(H,19,21). The van der Waals surface area contributed by atoms with Gasteiger partial charge in [-0.25, -0.2) is 4.98 Å². The number of benzene rings is 1. The third kappa shape index (κ3) is 4.60. The Balaban J connectivity index is 2.07. The normalized spacial score (nSPS) is 11.5. The van der Waals surface area contributed by atoms with Crippen molar-refractivity contribution in [2.75, 3.05) is 19.6 Å². The average Bonchev–Trinajstić information content (AvgIpc) is 2.54. The van der Waals surface area contributed by atoms with Gasteiger partial charge in [0.2, 0.25) is 0 Å². The van der Waals surface area contributed by atoms with Gasteiger partial charge in [-0.2, -0.15) is 18.3 Å². The van der Waals surface area contributed by atoms with Gasteiger partial charge in [-0.1, -0.05) is 0 Å². The summed E-state index contributed by atoms with van der Waals surface area (Å²) in [5.74, 6) is 1.39. The number of hydrazone groups is 1. The molecule has 0 aliphatic rings. The molecule has 0 spiro atoms. The number of ether oxygens (including phenoxy) is 2. The van der Waals surface area contributed by atoms with E-state index in [2.05, 4.69) is 15.5 Å². The predicted octanol–water partition coefficient (Wildman–Crippen LogP) is 3.56. The number of nitrogens with zero attached hydrogens (tertiary/aromatic N) is 2. The summed E-state index contributed by atoms with van der Waals surface area (Å²) >= 11 is 0. The molecule has 0 bridgehead atoms. The summed E-state index contributed by atoms with van der Waals surface area (Å²) in [7, 11) is 3.06. The molecule has 1 heterocycles. The fourth-order valence-electron chi connectivity index (χ4n) is 1.70. The van der Waals surface area contributed by atoms with Crippen LogP contribution < -0.4 is 14.9 Å². The number of pyridine rings is 1. The molecule has 8 heteroatoms. The first kappa shape index (κ1) is 16.6. The lowest BCUT2D eigenvalue weighted by molar-refractivity contribution is -0.137. The SMILES string of the molecule is COc1cc(C=NNc2ccc(C(F)(F)F)cn2)cc(OC)c1. The molecule has 0 aliphatic heterocycles. The third-order valence-electron chi connectivity index (χ3n) is 2.86. The van der Waals surface area contributed by atoms with Crippen LogP contribution in [0.25, 0.3) is 0 Å². The maximum atomic E-state index is 12.4. The lowest BCUT2D eigenvalue weighted by atomic mass is 10.2. The van der Waals surface area contributed by atoms with Gasteiger partial charge in [0.05, 0.1) is 26.0 Å². The zero-order chi connectivity index (χ0) is 16.9. The molecule has 0 atom stereocenters. The minimum absolute atomic E-state index is 0.198. The van der Waals surface area contributed by atoms with E-state index < -0.39 is 11.7 Å². The predicted molar refractivity (Wildman–Crippen MR) is 80.0 cm³/mol. The van der Waals surface area contributed by atoms with Gasteiger partial charge in [0, 0.05) is 17.8 Å². The van der Waals surface area contributed by atoms with Crippen LogP contribution in [0.4, 0.5) is 19.0 Å². The number of methoxy groups -OCH3 is 2. The van der Waals surface area contributed by atoms with E-state index in [1.807, 2.05) is 0 Å². The van der Waals surface area contributed by atoms with Crippen molar-refractivity contribution in [3.05, 3.63) is 47.7 Å². The second-order valence-corrected chi connectivity index (χ2v) is 4.45. The summed E-state index contributed by atoms with van der Waals surface area (Å²) < 4.78 is 47.5. The van der Waals surface area contributed by atoms with Crippen molar-refractivity contribution < 1.29 is 22.6 Å². The minimum atomic E-state index is -4.41. The minimum Gasteiger partial charge on any atom is -0.497 e. The van der Waals surface area contributed by atoms with Crippen molar-refractivity contribution in [1.82, 2.24) is 4.98 Å². The summed E-state index contributed by atoms with van der Waals surface area (Å²) in [5, 5.41) is 3.92. The van der Waals surface area contributed by atoms with Crippen LogP contribution in [0.1, 0.15) is 11.1 Å². The largest absolute Gasteiger partial charge is 0.497 e. The van der Waals surface area contributed by atoms with Crippen LogP contribution in [-0.4, -0.2) is 25.4 Å². The smallest absolute Gasteiger partial charge is 0.417 e. The Labute approximate surface area is 130 Å². The lowest BCUT2D eigenvalue weighted by Gasteiger charge is -2.07. The van der Waals surface area contributed by atoms with E-state index in [0.717, 1.165) is 12.3 Å². The Morgan fingerprint density at radius 2 is 1.74 bits per heavy atom. The number of alkyl halides is 3. The molecule has 122 valence electrons. The summed E-state index contributed by atoms with van der Waals surface area (Å²) in [4.78, 5) is 3.65. The van der Waals surface area contributed by atoms with Crippen molar-refractivity contribution >= 4 is 12.0 Å². The molecule has 5 nitrogen and oxygen atoms in total. The molecule has 0 radical (unpaired) electrons. The van der Waals surface area contributed by atoms with Gasteiger partial charge in [0.1, 0.15) is 17.3 Å². The number of nitrogens with one attached hydrogen (secondary N) is 1. The fourth-order valence-corrected chi connectivity index (χ4v) is 1.70. The maximum absolute atomic E-state index is 12.4. The number of halogens is 3. The molecule has 1 aromatic carbocycles. The molecule has 1 aromatic heterocycles. The van der Waals surface area contributed by atoms with Crippen LogP contribution in [0, 0.1) is 0 Å². The van der Waals surface area contributed by atoms with E-state index in [4.69, 9.17) is 9.47 Å². The van der Waals surface area contributed by atoms with Crippen molar-refractivity contribution in [2.24, 2.45) is 5.10 Å². The van der Waals surface area contributed by atoms with Crippen molar-refractivity contribution in [3.8, 4) is 11.5 Å². The monoisotopic (exact) mass is 325 g/mol. The second-order valence-electron chi connectivity index (χ2n) is 4.45. The summed E-state index contributed by atoms with van der Waals surface area (Å²) in [6, 6.07) is 7.30. The molecular weight excluding hydrogens is 311 g/mol. The Bertz CT molecular complexity index is 663. The highest BCUT2D eigenvalue weighted by molar-refractivity contribution is 5.81. The number of aromatic nitrogens is 1. The van der Waals surface area contributed by atoms with Gasteiger partial charge in [-0.05, 0) is 24.3 Å². The fraction of sp³-hybridized carbons (Fsp3) is 0.200. The van der Waals surface area contributed by atoms with Crippen molar-refractivity contribution in [2.45, 2.75) is 6.18 Å². The van der Waals surface area contributed by atoms with Crippen LogP contribution in [0.3, 0.4) is 0 Å². The van der Waals surface area contributed by atoms with E-state index in [-0.39, 0.29) is 5.82 Å². The molecule has 0 amide bonds. The highest BCUT2D eigenvalue weighted by atomic mass is 19.4. The number of hydrogen-bond acceptors (Lipinski definition) is 5. The quantitative estimate of drug-likeness (QED) is 0.674. The Kier molecular flexibility index (Phi) is 5.05. The molecule has 2 rings (SSSR count). The van der Waals surface area contributed by atoms with Gasteiger partial charge in [0.25, 0.3) is 0 Å². The average molecular weight is 325 g/mol. The van der Waals surface area contributed by atoms with Gasteiger partial charge in [0.15, 0.2) is 0 Å². The van der Waals surface area contributed by atoms with Crippen molar-refractivity contribution in [3.63, 3.8) is 0 Å². The molecule has 0 fully saturated rings. The van der Waals surface area contributed by atoms with Gasteiger partial charge in [-0.3, -0.25) is 5.43 Å². The van der Waals surface area contributed by atoms with Crippen LogP contribution in [-0.2, 0) is 6.18 Å². The van der Waals surface area contributed by atoms with Crippen LogP contribution in [0.5, 0.6) is 11.5 Å². The van der Waals surface area contributed by atoms with Gasteiger partial charge < -0.3 is 9.47 Å². The molecule has 1 N–H and O–H groups in total. The van der Waals surface area contributed by atoms with E-state index >= 15 is 0 Å².